The topological polar surface area (TPSA) is 67.6 Å². The van der Waals surface area contributed by atoms with Gasteiger partial charge in [0, 0.05) is 6.20 Å². The van der Waals surface area contributed by atoms with Crippen molar-refractivity contribution in [1.82, 2.24) is 14.6 Å². The number of anilines is 1. The van der Waals surface area contributed by atoms with Crippen molar-refractivity contribution in [3.05, 3.63) is 89.9 Å². The molecule has 0 saturated heterocycles. The Kier molecular flexibility index (Phi) is 5.07. The van der Waals surface area contributed by atoms with Gasteiger partial charge in [0.15, 0.2) is 5.65 Å². The fraction of sp³-hybridized carbons (Fsp3) is 0.182. The van der Waals surface area contributed by atoms with Crippen molar-refractivity contribution in [3.63, 3.8) is 0 Å². The fourth-order valence-corrected chi connectivity index (χ4v) is 4.87. The zero-order valence-electron chi connectivity index (χ0n) is 16.4. The summed E-state index contributed by atoms with van der Waals surface area (Å²) < 4.78 is 30.6. The Hall–Kier alpha value is -3.19. The number of sulfonamides is 1. The molecule has 0 N–H and O–H groups in total. The number of aromatic nitrogens is 3. The predicted molar refractivity (Wildman–Crippen MR) is 113 cm³/mol. The van der Waals surface area contributed by atoms with Crippen LogP contribution in [0.5, 0.6) is 0 Å². The van der Waals surface area contributed by atoms with Gasteiger partial charge in [0.25, 0.3) is 10.0 Å². The summed E-state index contributed by atoms with van der Waals surface area (Å²) in [5.41, 5.74) is 3.00. The number of benzene rings is 2. The lowest BCUT2D eigenvalue weighted by Gasteiger charge is -2.25. The van der Waals surface area contributed by atoms with Crippen LogP contribution in [-0.2, 0) is 23.0 Å². The third-order valence-electron chi connectivity index (χ3n) is 4.94. The Morgan fingerprint density at radius 2 is 1.62 bits per heavy atom. The molecule has 0 radical (unpaired) electrons. The van der Waals surface area contributed by atoms with Gasteiger partial charge in [-0.1, -0.05) is 49.4 Å². The first-order valence-corrected chi connectivity index (χ1v) is 10.9. The lowest BCUT2D eigenvalue weighted by atomic mass is 10.1. The lowest BCUT2D eigenvalue weighted by molar-refractivity contribution is 0.590. The molecule has 4 aromatic rings. The van der Waals surface area contributed by atoms with Gasteiger partial charge in [-0.3, -0.25) is 8.71 Å². The number of fused-ring (bicyclic) bond motifs is 1. The molecule has 7 heteroatoms. The normalized spacial score (nSPS) is 11.7. The van der Waals surface area contributed by atoms with Gasteiger partial charge in [-0.2, -0.15) is 0 Å². The highest BCUT2D eigenvalue weighted by molar-refractivity contribution is 7.93. The van der Waals surface area contributed by atoms with E-state index in [9.17, 15) is 8.42 Å². The average Bonchev–Trinajstić information content (AvgIpc) is 3.14. The second-order valence-corrected chi connectivity index (χ2v) is 8.66. The van der Waals surface area contributed by atoms with Crippen molar-refractivity contribution in [2.75, 3.05) is 4.31 Å². The number of hydrogen-bond donors (Lipinski definition) is 0. The van der Waals surface area contributed by atoms with E-state index in [0.717, 1.165) is 17.5 Å². The maximum absolute atomic E-state index is 13.8. The van der Waals surface area contributed by atoms with E-state index in [-0.39, 0.29) is 11.4 Å². The van der Waals surface area contributed by atoms with Crippen LogP contribution in [0.25, 0.3) is 5.65 Å². The van der Waals surface area contributed by atoms with E-state index >= 15 is 0 Å². The Morgan fingerprint density at radius 1 is 0.897 bits per heavy atom. The second-order valence-electron chi connectivity index (χ2n) is 6.83. The van der Waals surface area contributed by atoms with Gasteiger partial charge >= 0.3 is 0 Å². The third kappa shape index (κ3) is 3.61. The van der Waals surface area contributed by atoms with Crippen molar-refractivity contribution in [2.24, 2.45) is 0 Å². The highest BCUT2D eigenvalue weighted by Crippen LogP contribution is 2.28. The van der Waals surface area contributed by atoms with Crippen molar-refractivity contribution in [2.45, 2.75) is 31.7 Å². The van der Waals surface area contributed by atoms with Gasteiger partial charge in [0.2, 0.25) is 0 Å². The summed E-state index contributed by atoms with van der Waals surface area (Å²) in [5.74, 6) is 0.638. The van der Waals surface area contributed by atoms with Crippen molar-refractivity contribution >= 4 is 21.4 Å². The highest BCUT2D eigenvalue weighted by atomic mass is 32.2. The van der Waals surface area contributed by atoms with E-state index in [0.29, 0.717) is 17.2 Å². The Bertz CT molecular complexity index is 1230. The van der Waals surface area contributed by atoms with E-state index in [1.54, 1.807) is 29.7 Å². The molecular formula is C22H22N4O2S. The van der Waals surface area contributed by atoms with Crippen LogP contribution in [0.1, 0.15) is 23.9 Å². The van der Waals surface area contributed by atoms with Crippen LogP contribution >= 0.6 is 0 Å². The fourth-order valence-electron chi connectivity index (χ4n) is 3.29. The molecular weight excluding hydrogens is 384 g/mol. The van der Waals surface area contributed by atoms with Gasteiger partial charge in [-0.25, -0.2) is 8.42 Å². The molecule has 0 aliphatic carbocycles. The standard InChI is InChI=1S/C22H22N4O2S/c1-3-18-11-13-20(14-12-18)26(16-19-8-5-4-6-9-19)29(27,28)21-10-7-15-25-17(2)23-24-22(21)25/h4-15H,3,16H2,1-2H3. The Morgan fingerprint density at radius 3 is 2.31 bits per heavy atom. The van der Waals surface area contributed by atoms with Crippen LogP contribution in [0.4, 0.5) is 5.69 Å². The molecule has 0 bridgehead atoms. The summed E-state index contributed by atoms with van der Waals surface area (Å²) in [6.45, 7) is 4.09. The minimum absolute atomic E-state index is 0.135. The average molecular weight is 407 g/mol. The maximum Gasteiger partial charge on any atom is 0.268 e. The summed E-state index contributed by atoms with van der Waals surface area (Å²) in [6.07, 6.45) is 2.66. The Labute approximate surface area is 170 Å². The third-order valence-corrected chi connectivity index (χ3v) is 6.73. The molecule has 148 valence electrons. The lowest BCUT2D eigenvalue weighted by Crippen LogP contribution is -2.31. The molecule has 0 unspecified atom stereocenters. The monoisotopic (exact) mass is 406 g/mol. The minimum Gasteiger partial charge on any atom is -0.286 e. The molecule has 2 aromatic heterocycles. The van der Waals surface area contributed by atoms with Gasteiger partial charge in [-0.15, -0.1) is 10.2 Å². The summed E-state index contributed by atoms with van der Waals surface area (Å²) in [5, 5.41) is 8.14. The number of aryl methyl sites for hydroxylation is 2. The predicted octanol–water partition coefficient (Wildman–Crippen LogP) is 4.00. The molecule has 2 aromatic carbocycles. The van der Waals surface area contributed by atoms with E-state index in [1.807, 2.05) is 54.6 Å². The first-order valence-electron chi connectivity index (χ1n) is 9.46. The minimum atomic E-state index is -3.88. The van der Waals surface area contributed by atoms with E-state index in [4.69, 9.17) is 0 Å². The number of nitrogens with zero attached hydrogens (tertiary/aromatic N) is 4. The molecule has 0 fully saturated rings. The zero-order valence-corrected chi connectivity index (χ0v) is 17.2. The van der Waals surface area contributed by atoms with Gasteiger partial charge < -0.3 is 0 Å². The van der Waals surface area contributed by atoms with Gasteiger partial charge in [-0.05, 0) is 48.7 Å². The molecule has 6 nitrogen and oxygen atoms in total. The summed E-state index contributed by atoms with van der Waals surface area (Å²) in [6, 6.07) is 20.5. The van der Waals surface area contributed by atoms with Crippen molar-refractivity contribution in [3.8, 4) is 0 Å². The van der Waals surface area contributed by atoms with E-state index in [1.165, 1.54) is 4.31 Å². The van der Waals surface area contributed by atoms with E-state index in [2.05, 4.69) is 17.1 Å². The number of rotatable bonds is 6. The molecule has 0 atom stereocenters. The van der Waals surface area contributed by atoms with Crippen LogP contribution < -0.4 is 4.31 Å². The maximum atomic E-state index is 13.8. The van der Waals surface area contributed by atoms with Crippen LogP contribution in [0, 0.1) is 6.92 Å². The smallest absolute Gasteiger partial charge is 0.268 e. The molecule has 0 spiro atoms. The summed E-state index contributed by atoms with van der Waals surface area (Å²) in [4.78, 5) is 0.135. The van der Waals surface area contributed by atoms with Crippen LogP contribution in [-0.4, -0.2) is 23.0 Å². The first kappa shape index (κ1) is 19.1. The molecule has 0 aliphatic rings. The van der Waals surface area contributed by atoms with Crippen LogP contribution in [0.2, 0.25) is 0 Å². The highest BCUT2D eigenvalue weighted by Gasteiger charge is 2.28. The number of pyridine rings is 1. The van der Waals surface area contributed by atoms with Gasteiger partial charge in [0.1, 0.15) is 10.7 Å². The van der Waals surface area contributed by atoms with Crippen LogP contribution in [0.3, 0.4) is 0 Å². The summed E-state index contributed by atoms with van der Waals surface area (Å²) in [7, 11) is -3.88. The van der Waals surface area contributed by atoms with Crippen molar-refractivity contribution < 1.29 is 8.42 Å². The molecule has 2 heterocycles. The largest absolute Gasteiger partial charge is 0.286 e. The molecule has 29 heavy (non-hydrogen) atoms. The number of hydrogen-bond acceptors (Lipinski definition) is 4. The van der Waals surface area contributed by atoms with E-state index < -0.39 is 10.0 Å². The molecule has 0 aliphatic heterocycles. The zero-order chi connectivity index (χ0) is 20.4. The summed E-state index contributed by atoms with van der Waals surface area (Å²) >= 11 is 0. The SMILES string of the molecule is CCc1ccc(N(Cc2ccccc2)S(=O)(=O)c2cccn3c(C)nnc23)cc1. The second kappa shape index (κ2) is 7.67. The quantitative estimate of drug-likeness (QED) is 0.485. The van der Waals surface area contributed by atoms with Gasteiger partial charge in [0.05, 0.1) is 12.2 Å². The molecule has 4 rings (SSSR count). The Balaban J connectivity index is 1.86. The first-order chi connectivity index (χ1) is 14.0. The molecule has 0 saturated carbocycles. The van der Waals surface area contributed by atoms with Crippen molar-refractivity contribution in [1.29, 1.82) is 0 Å². The van der Waals surface area contributed by atoms with Crippen LogP contribution in [0.15, 0.2) is 77.8 Å². The molecule has 0 amide bonds.